The molecule has 2 unspecified atom stereocenters. The average Bonchev–Trinajstić information content (AvgIpc) is 2.81. The van der Waals surface area contributed by atoms with Gasteiger partial charge in [0.25, 0.3) is 0 Å². The van der Waals surface area contributed by atoms with Crippen LogP contribution >= 0.6 is 11.8 Å². The minimum Gasteiger partial charge on any atom is -0.339 e. The fourth-order valence-electron chi connectivity index (χ4n) is 2.28. The van der Waals surface area contributed by atoms with Crippen molar-refractivity contribution in [3.8, 4) is 0 Å². The van der Waals surface area contributed by atoms with E-state index in [4.69, 9.17) is 0 Å². The highest BCUT2D eigenvalue weighted by Crippen LogP contribution is 2.22. The number of rotatable bonds is 2. The maximum absolute atomic E-state index is 12.1. The summed E-state index contributed by atoms with van der Waals surface area (Å²) in [7, 11) is 0. The van der Waals surface area contributed by atoms with Gasteiger partial charge in [-0.05, 0) is 25.8 Å². The zero-order chi connectivity index (χ0) is 10.7. The molecule has 2 fully saturated rings. The summed E-state index contributed by atoms with van der Waals surface area (Å²) in [6, 6.07) is 0.116. The van der Waals surface area contributed by atoms with Gasteiger partial charge in [-0.25, -0.2) is 0 Å². The van der Waals surface area contributed by atoms with E-state index in [0.717, 1.165) is 38.2 Å². The highest BCUT2D eigenvalue weighted by Gasteiger charge is 2.29. The molecule has 0 aromatic carbocycles. The molecule has 3 nitrogen and oxygen atoms in total. The lowest BCUT2D eigenvalue weighted by molar-refractivity contribution is -0.133. The number of carbonyl (C=O) groups is 1. The summed E-state index contributed by atoms with van der Waals surface area (Å²) in [6.45, 7) is 5.12. The van der Waals surface area contributed by atoms with Crippen LogP contribution in [0.4, 0.5) is 0 Å². The third-order valence-corrected chi connectivity index (χ3v) is 4.64. The molecule has 2 aliphatic heterocycles. The molecule has 0 bridgehead atoms. The molecule has 4 heteroatoms. The summed E-state index contributed by atoms with van der Waals surface area (Å²) >= 11 is 2.01. The fourth-order valence-corrected chi connectivity index (χ4v) is 3.46. The van der Waals surface area contributed by atoms with Gasteiger partial charge in [0.2, 0.25) is 5.91 Å². The van der Waals surface area contributed by atoms with Crippen LogP contribution in [-0.4, -0.2) is 47.5 Å². The van der Waals surface area contributed by atoms with Gasteiger partial charge in [0.1, 0.15) is 0 Å². The molecule has 2 aliphatic rings. The minimum atomic E-state index is 0.116. The van der Waals surface area contributed by atoms with Crippen LogP contribution in [0, 0.1) is 0 Å². The zero-order valence-corrected chi connectivity index (χ0v) is 10.2. The summed E-state index contributed by atoms with van der Waals surface area (Å²) in [5, 5.41) is 3.95. The number of amides is 1. The molecule has 0 saturated carbocycles. The summed E-state index contributed by atoms with van der Waals surface area (Å²) in [6.07, 6.45) is 3.35. The Labute approximate surface area is 96.0 Å². The lowest BCUT2D eigenvalue weighted by atomic mass is 10.2. The molecule has 1 N–H and O–H groups in total. The van der Waals surface area contributed by atoms with Gasteiger partial charge < -0.3 is 10.2 Å². The Morgan fingerprint density at radius 3 is 3.13 bits per heavy atom. The lowest BCUT2D eigenvalue weighted by Gasteiger charge is -2.33. The van der Waals surface area contributed by atoms with Crippen molar-refractivity contribution in [1.82, 2.24) is 10.2 Å². The lowest BCUT2D eigenvalue weighted by Crippen LogP contribution is -2.48. The van der Waals surface area contributed by atoms with Crippen molar-refractivity contribution >= 4 is 17.7 Å². The van der Waals surface area contributed by atoms with Crippen molar-refractivity contribution in [3.63, 3.8) is 0 Å². The van der Waals surface area contributed by atoms with Gasteiger partial charge in [-0.15, -0.1) is 0 Å². The first kappa shape index (κ1) is 11.3. The Bertz CT molecular complexity index is 229. The first-order valence-electron chi connectivity index (χ1n) is 5.95. The molecule has 2 atom stereocenters. The predicted octanol–water partition coefficient (Wildman–Crippen LogP) is 1.09. The SMILES string of the molecule is CCC1CN(C(=O)C2CCCN2)CCS1. The topological polar surface area (TPSA) is 32.3 Å². The second kappa shape index (κ2) is 5.21. The Morgan fingerprint density at radius 1 is 1.60 bits per heavy atom. The van der Waals surface area contributed by atoms with Crippen LogP contribution in [0.2, 0.25) is 0 Å². The van der Waals surface area contributed by atoms with Gasteiger partial charge >= 0.3 is 0 Å². The van der Waals surface area contributed by atoms with Crippen molar-refractivity contribution in [2.24, 2.45) is 0 Å². The van der Waals surface area contributed by atoms with Crippen LogP contribution < -0.4 is 5.32 Å². The van der Waals surface area contributed by atoms with Crippen LogP contribution in [0.5, 0.6) is 0 Å². The highest BCUT2D eigenvalue weighted by molar-refractivity contribution is 8.00. The van der Waals surface area contributed by atoms with E-state index >= 15 is 0 Å². The van der Waals surface area contributed by atoms with Gasteiger partial charge in [0, 0.05) is 24.1 Å². The molecular formula is C11H20N2OS. The third kappa shape index (κ3) is 2.67. The number of nitrogens with zero attached hydrogens (tertiary/aromatic N) is 1. The van der Waals surface area contributed by atoms with E-state index in [1.54, 1.807) is 0 Å². The largest absolute Gasteiger partial charge is 0.339 e. The molecule has 15 heavy (non-hydrogen) atoms. The normalized spacial score (nSPS) is 31.9. The monoisotopic (exact) mass is 228 g/mol. The van der Waals surface area contributed by atoms with E-state index in [1.807, 2.05) is 11.8 Å². The van der Waals surface area contributed by atoms with Gasteiger partial charge in [-0.1, -0.05) is 6.92 Å². The van der Waals surface area contributed by atoms with Crippen LogP contribution in [0.3, 0.4) is 0 Å². The molecule has 2 rings (SSSR count). The van der Waals surface area contributed by atoms with Crippen molar-refractivity contribution in [1.29, 1.82) is 0 Å². The summed E-state index contributed by atoms with van der Waals surface area (Å²) in [5.74, 6) is 1.45. The number of hydrogen-bond acceptors (Lipinski definition) is 3. The molecule has 2 saturated heterocycles. The smallest absolute Gasteiger partial charge is 0.239 e. The molecule has 0 radical (unpaired) electrons. The quantitative estimate of drug-likeness (QED) is 0.768. The van der Waals surface area contributed by atoms with E-state index < -0.39 is 0 Å². The predicted molar refractivity (Wildman–Crippen MR) is 64.1 cm³/mol. The number of carbonyl (C=O) groups excluding carboxylic acids is 1. The second-order valence-corrected chi connectivity index (χ2v) is 5.74. The second-order valence-electron chi connectivity index (χ2n) is 4.33. The molecule has 86 valence electrons. The Morgan fingerprint density at radius 2 is 2.47 bits per heavy atom. The van der Waals surface area contributed by atoms with E-state index in [-0.39, 0.29) is 6.04 Å². The highest BCUT2D eigenvalue weighted by atomic mass is 32.2. The van der Waals surface area contributed by atoms with Crippen molar-refractivity contribution in [3.05, 3.63) is 0 Å². The van der Waals surface area contributed by atoms with Crippen molar-refractivity contribution in [2.75, 3.05) is 25.4 Å². The van der Waals surface area contributed by atoms with Crippen LogP contribution in [-0.2, 0) is 4.79 Å². The van der Waals surface area contributed by atoms with Gasteiger partial charge in [0.15, 0.2) is 0 Å². The average molecular weight is 228 g/mol. The third-order valence-electron chi connectivity index (χ3n) is 3.26. The molecule has 2 heterocycles. The van der Waals surface area contributed by atoms with Crippen molar-refractivity contribution < 1.29 is 4.79 Å². The maximum Gasteiger partial charge on any atom is 0.239 e. The minimum absolute atomic E-state index is 0.116. The standard InChI is InChI=1S/C11H20N2OS/c1-2-9-8-13(6-7-15-9)11(14)10-4-3-5-12-10/h9-10,12H,2-8H2,1H3. The summed E-state index contributed by atoms with van der Waals surface area (Å²) in [4.78, 5) is 14.2. The first-order chi connectivity index (χ1) is 7.31. The van der Waals surface area contributed by atoms with Gasteiger partial charge in [0.05, 0.1) is 6.04 Å². The van der Waals surface area contributed by atoms with E-state index in [0.29, 0.717) is 11.2 Å². The Hall–Kier alpha value is -0.220. The number of nitrogens with one attached hydrogen (secondary N) is 1. The molecule has 0 aromatic heterocycles. The zero-order valence-electron chi connectivity index (χ0n) is 9.37. The van der Waals surface area contributed by atoms with E-state index in [1.165, 1.54) is 6.42 Å². The van der Waals surface area contributed by atoms with Crippen LogP contribution in [0.25, 0.3) is 0 Å². The number of thioether (sulfide) groups is 1. The molecule has 0 spiro atoms. The van der Waals surface area contributed by atoms with Gasteiger partial charge in [-0.3, -0.25) is 4.79 Å². The molecule has 0 aromatic rings. The Kier molecular flexibility index (Phi) is 3.92. The summed E-state index contributed by atoms with van der Waals surface area (Å²) < 4.78 is 0. The van der Waals surface area contributed by atoms with E-state index in [9.17, 15) is 4.79 Å². The maximum atomic E-state index is 12.1. The molecule has 1 amide bonds. The van der Waals surface area contributed by atoms with Crippen LogP contribution in [0.1, 0.15) is 26.2 Å². The Balaban J connectivity index is 1.88. The van der Waals surface area contributed by atoms with Gasteiger partial charge in [-0.2, -0.15) is 11.8 Å². The number of hydrogen-bond donors (Lipinski definition) is 1. The first-order valence-corrected chi connectivity index (χ1v) is 7.00. The van der Waals surface area contributed by atoms with Crippen molar-refractivity contribution in [2.45, 2.75) is 37.5 Å². The fraction of sp³-hybridized carbons (Fsp3) is 0.909. The summed E-state index contributed by atoms with van der Waals surface area (Å²) in [5.41, 5.74) is 0. The molecular weight excluding hydrogens is 208 g/mol. The van der Waals surface area contributed by atoms with E-state index in [2.05, 4.69) is 17.1 Å². The molecule has 0 aliphatic carbocycles. The van der Waals surface area contributed by atoms with Crippen LogP contribution in [0.15, 0.2) is 0 Å².